The van der Waals surface area contributed by atoms with Gasteiger partial charge in [-0.05, 0) is 30.2 Å². The number of aromatic hydroxyl groups is 2. The van der Waals surface area contributed by atoms with Gasteiger partial charge in [0.1, 0.15) is 11.3 Å². The number of methoxy groups -OCH3 is 1. The first-order valence-corrected chi connectivity index (χ1v) is 7.77. The summed E-state index contributed by atoms with van der Waals surface area (Å²) in [7, 11) is 1.47. The van der Waals surface area contributed by atoms with E-state index >= 15 is 0 Å². The Bertz CT molecular complexity index is 859. The van der Waals surface area contributed by atoms with Crippen LogP contribution >= 0.6 is 0 Å². The van der Waals surface area contributed by atoms with E-state index in [2.05, 4.69) is 0 Å². The summed E-state index contributed by atoms with van der Waals surface area (Å²) in [4.78, 5) is 12.8. The average molecular weight is 344 g/mol. The molecule has 0 spiro atoms. The SMILES string of the molecule is COc1ccc(O)c2c1OCC(Cc1ccc3c(c1O)OCO3)C2=O. The lowest BCUT2D eigenvalue weighted by molar-refractivity contribution is 0.0820. The van der Waals surface area contributed by atoms with Crippen LogP contribution in [0.2, 0.25) is 0 Å². The van der Waals surface area contributed by atoms with Crippen LogP contribution in [0.5, 0.6) is 34.5 Å². The summed E-state index contributed by atoms with van der Waals surface area (Å²) >= 11 is 0. The van der Waals surface area contributed by atoms with Crippen LogP contribution in [0.4, 0.5) is 0 Å². The van der Waals surface area contributed by atoms with E-state index in [1.54, 1.807) is 18.2 Å². The average Bonchev–Trinajstić information content (AvgIpc) is 3.09. The lowest BCUT2D eigenvalue weighted by Crippen LogP contribution is -2.30. The summed E-state index contributed by atoms with van der Waals surface area (Å²) in [6.07, 6.45) is 0.247. The predicted molar refractivity (Wildman–Crippen MR) is 85.9 cm³/mol. The Hall–Kier alpha value is -3.09. The van der Waals surface area contributed by atoms with Crippen molar-refractivity contribution in [3.05, 3.63) is 35.4 Å². The molecule has 0 saturated heterocycles. The largest absolute Gasteiger partial charge is 0.507 e. The molecule has 0 aromatic heterocycles. The number of ketones is 1. The molecule has 1 unspecified atom stereocenters. The second-order valence-corrected chi connectivity index (χ2v) is 5.87. The van der Waals surface area contributed by atoms with Crippen molar-refractivity contribution >= 4 is 5.78 Å². The number of phenolic OH excluding ortho intramolecular Hbond substituents is 2. The maximum Gasteiger partial charge on any atom is 0.231 e. The van der Waals surface area contributed by atoms with Crippen molar-refractivity contribution < 1.29 is 34.0 Å². The fourth-order valence-electron chi connectivity index (χ4n) is 3.14. The summed E-state index contributed by atoms with van der Waals surface area (Å²) in [6, 6.07) is 6.34. The first-order valence-electron chi connectivity index (χ1n) is 7.77. The van der Waals surface area contributed by atoms with E-state index in [9.17, 15) is 15.0 Å². The molecule has 2 aliphatic rings. The van der Waals surface area contributed by atoms with E-state index in [-0.39, 0.29) is 54.2 Å². The minimum absolute atomic E-state index is 0.0385. The monoisotopic (exact) mass is 344 g/mol. The number of Topliss-reactive ketones (excluding diaryl/α,β-unsaturated/α-hetero) is 1. The third-order valence-electron chi connectivity index (χ3n) is 4.43. The normalized spacial score (nSPS) is 17.8. The van der Waals surface area contributed by atoms with E-state index in [0.717, 1.165) is 0 Å². The first-order chi connectivity index (χ1) is 12.1. The quantitative estimate of drug-likeness (QED) is 0.882. The molecule has 0 fully saturated rings. The maximum absolute atomic E-state index is 12.8. The molecular formula is C18H16O7. The fourth-order valence-corrected chi connectivity index (χ4v) is 3.14. The lowest BCUT2D eigenvalue weighted by atomic mass is 9.88. The number of fused-ring (bicyclic) bond motifs is 2. The van der Waals surface area contributed by atoms with Crippen LogP contribution in [0, 0.1) is 5.92 Å². The Morgan fingerprint density at radius 3 is 2.76 bits per heavy atom. The Kier molecular flexibility index (Phi) is 3.56. The zero-order chi connectivity index (χ0) is 17.6. The zero-order valence-corrected chi connectivity index (χ0v) is 13.4. The molecule has 2 heterocycles. The van der Waals surface area contributed by atoms with Gasteiger partial charge in [0.05, 0.1) is 19.6 Å². The van der Waals surface area contributed by atoms with Gasteiger partial charge < -0.3 is 29.2 Å². The first kappa shape index (κ1) is 15.4. The van der Waals surface area contributed by atoms with Gasteiger partial charge in [0.25, 0.3) is 0 Å². The molecule has 0 radical (unpaired) electrons. The van der Waals surface area contributed by atoms with E-state index in [0.29, 0.717) is 17.1 Å². The molecule has 130 valence electrons. The summed E-state index contributed by atoms with van der Waals surface area (Å²) in [5.74, 6) is 0.409. The van der Waals surface area contributed by atoms with Crippen molar-refractivity contribution in [3.8, 4) is 34.5 Å². The van der Waals surface area contributed by atoms with Gasteiger partial charge in [0, 0.05) is 0 Å². The van der Waals surface area contributed by atoms with Gasteiger partial charge in [-0.3, -0.25) is 4.79 Å². The van der Waals surface area contributed by atoms with Gasteiger partial charge in [-0.15, -0.1) is 0 Å². The van der Waals surface area contributed by atoms with Crippen LogP contribution in [0.25, 0.3) is 0 Å². The Morgan fingerprint density at radius 2 is 1.96 bits per heavy atom. The van der Waals surface area contributed by atoms with Gasteiger partial charge in [-0.25, -0.2) is 0 Å². The number of benzene rings is 2. The van der Waals surface area contributed by atoms with Crippen LogP contribution in [0.3, 0.4) is 0 Å². The molecule has 2 aromatic rings. The summed E-state index contributed by atoms with van der Waals surface area (Å²) in [6.45, 7) is 0.179. The standard InChI is InChI=1S/C18H16O7/c1-22-12-5-3-11(19)14-15(20)10(7-23-17(12)14)6-9-2-4-13-18(16(9)21)25-8-24-13/h2-5,10,19,21H,6-8H2,1H3. The van der Waals surface area contributed by atoms with Gasteiger partial charge in [-0.1, -0.05) is 6.07 Å². The van der Waals surface area contributed by atoms with Crippen molar-refractivity contribution in [2.24, 2.45) is 5.92 Å². The fraction of sp³-hybridized carbons (Fsp3) is 0.278. The summed E-state index contributed by atoms with van der Waals surface area (Å²) in [5.41, 5.74) is 0.660. The molecule has 0 aliphatic carbocycles. The highest BCUT2D eigenvalue weighted by molar-refractivity contribution is 6.04. The number of rotatable bonds is 3. The van der Waals surface area contributed by atoms with Crippen molar-refractivity contribution in [3.63, 3.8) is 0 Å². The van der Waals surface area contributed by atoms with Gasteiger partial charge >= 0.3 is 0 Å². The molecule has 2 aliphatic heterocycles. The lowest BCUT2D eigenvalue weighted by Gasteiger charge is -2.26. The minimum atomic E-state index is -0.545. The Balaban J connectivity index is 1.65. The molecule has 7 heteroatoms. The predicted octanol–water partition coefficient (Wildman–Crippen LogP) is 2.27. The minimum Gasteiger partial charge on any atom is -0.507 e. The second-order valence-electron chi connectivity index (χ2n) is 5.87. The van der Waals surface area contributed by atoms with E-state index in [4.69, 9.17) is 18.9 Å². The van der Waals surface area contributed by atoms with E-state index in [1.807, 2.05) is 0 Å². The van der Waals surface area contributed by atoms with Crippen LogP contribution in [-0.4, -0.2) is 36.5 Å². The molecule has 7 nitrogen and oxygen atoms in total. The number of hydrogen-bond donors (Lipinski definition) is 2. The van der Waals surface area contributed by atoms with Gasteiger partial charge in [0.2, 0.25) is 12.5 Å². The highest BCUT2D eigenvalue weighted by atomic mass is 16.7. The molecule has 1 atom stereocenters. The molecular weight excluding hydrogens is 328 g/mol. The number of carbonyl (C=O) groups is 1. The number of phenols is 2. The molecule has 25 heavy (non-hydrogen) atoms. The smallest absolute Gasteiger partial charge is 0.231 e. The molecule has 0 bridgehead atoms. The molecule has 4 rings (SSSR count). The van der Waals surface area contributed by atoms with Crippen molar-refractivity contribution in [1.82, 2.24) is 0 Å². The van der Waals surface area contributed by atoms with Gasteiger partial charge in [-0.2, -0.15) is 0 Å². The van der Waals surface area contributed by atoms with Crippen molar-refractivity contribution in [1.29, 1.82) is 0 Å². The van der Waals surface area contributed by atoms with Crippen LogP contribution in [0.1, 0.15) is 15.9 Å². The van der Waals surface area contributed by atoms with Crippen molar-refractivity contribution in [2.45, 2.75) is 6.42 Å². The topological polar surface area (TPSA) is 94.5 Å². The number of carbonyl (C=O) groups excluding carboxylic acids is 1. The number of hydrogen-bond acceptors (Lipinski definition) is 7. The third kappa shape index (κ3) is 2.39. The second kappa shape index (κ2) is 5.77. The van der Waals surface area contributed by atoms with Crippen LogP contribution in [0.15, 0.2) is 24.3 Å². The zero-order valence-electron chi connectivity index (χ0n) is 13.4. The Morgan fingerprint density at radius 1 is 1.12 bits per heavy atom. The van der Waals surface area contributed by atoms with Crippen LogP contribution in [-0.2, 0) is 6.42 Å². The Labute approximate surface area is 143 Å². The highest BCUT2D eigenvalue weighted by Crippen LogP contribution is 2.45. The molecule has 0 amide bonds. The molecule has 2 N–H and O–H groups in total. The maximum atomic E-state index is 12.8. The van der Waals surface area contributed by atoms with Gasteiger partial charge in [0.15, 0.2) is 28.8 Å². The summed E-state index contributed by atoms with van der Waals surface area (Å²) < 4.78 is 21.3. The molecule has 2 aromatic carbocycles. The van der Waals surface area contributed by atoms with Crippen LogP contribution < -0.4 is 18.9 Å². The van der Waals surface area contributed by atoms with Crippen molar-refractivity contribution in [2.75, 3.05) is 20.5 Å². The number of ether oxygens (including phenoxy) is 4. The highest BCUT2D eigenvalue weighted by Gasteiger charge is 2.34. The third-order valence-corrected chi connectivity index (χ3v) is 4.43. The van der Waals surface area contributed by atoms with E-state index < -0.39 is 5.92 Å². The summed E-state index contributed by atoms with van der Waals surface area (Å²) in [5, 5.41) is 20.4. The molecule has 0 saturated carbocycles. The van der Waals surface area contributed by atoms with E-state index in [1.165, 1.54) is 13.2 Å².